The van der Waals surface area contributed by atoms with Gasteiger partial charge in [0.15, 0.2) is 0 Å². The first-order valence-corrected chi connectivity index (χ1v) is 6.82. The van der Waals surface area contributed by atoms with Crippen molar-refractivity contribution >= 4 is 11.9 Å². The van der Waals surface area contributed by atoms with Crippen molar-refractivity contribution in [3.8, 4) is 5.75 Å². The van der Waals surface area contributed by atoms with Crippen molar-refractivity contribution in [3.63, 3.8) is 0 Å². The van der Waals surface area contributed by atoms with Crippen LogP contribution in [0, 0.1) is 6.92 Å². The highest BCUT2D eigenvalue weighted by molar-refractivity contribution is 5.97. The highest BCUT2D eigenvalue weighted by Gasteiger charge is 2.29. The topological polar surface area (TPSA) is 77.8 Å². The summed E-state index contributed by atoms with van der Waals surface area (Å²) in [5, 5.41) is 18.7. The van der Waals surface area contributed by atoms with E-state index in [0.717, 1.165) is 25.7 Å². The smallest absolute Gasteiger partial charge is 0.323 e. The number of carbonyl (C=O) groups is 2. The number of rotatable bonds is 4. The average Bonchev–Trinajstić information content (AvgIpc) is 2.92. The minimum absolute atomic E-state index is 0.0136. The maximum absolute atomic E-state index is 12.6. The Morgan fingerprint density at radius 1 is 1.30 bits per heavy atom. The second kappa shape index (κ2) is 5.94. The van der Waals surface area contributed by atoms with Gasteiger partial charge in [-0.05, 0) is 31.9 Å². The summed E-state index contributed by atoms with van der Waals surface area (Å²) in [4.78, 5) is 25.0. The third-order valence-electron chi connectivity index (χ3n) is 3.87. The lowest BCUT2D eigenvalue weighted by molar-refractivity contribution is -0.138. The van der Waals surface area contributed by atoms with Gasteiger partial charge in [0.1, 0.15) is 12.3 Å². The molecule has 1 aliphatic rings. The predicted molar refractivity (Wildman–Crippen MR) is 73.8 cm³/mol. The molecule has 20 heavy (non-hydrogen) atoms. The van der Waals surface area contributed by atoms with Crippen molar-refractivity contribution in [2.45, 2.75) is 38.6 Å². The number of nitrogens with zero attached hydrogens (tertiary/aromatic N) is 1. The standard InChI is InChI=1S/C15H19NO4/c1-10-12(7-4-8-13(10)17)15(20)16(9-14(18)19)11-5-2-3-6-11/h4,7-8,11,17H,2-3,5-6,9H2,1H3,(H,18,19). The largest absolute Gasteiger partial charge is 0.508 e. The Balaban J connectivity index is 2.29. The normalized spacial score (nSPS) is 15.2. The molecule has 1 aromatic rings. The van der Waals surface area contributed by atoms with Gasteiger partial charge in [0, 0.05) is 17.2 Å². The van der Waals surface area contributed by atoms with Crippen LogP contribution in [0.2, 0.25) is 0 Å². The fourth-order valence-electron chi connectivity index (χ4n) is 2.74. The highest BCUT2D eigenvalue weighted by atomic mass is 16.4. The third-order valence-corrected chi connectivity index (χ3v) is 3.87. The Kier molecular flexibility index (Phi) is 4.27. The van der Waals surface area contributed by atoms with Crippen LogP contribution in [-0.4, -0.2) is 39.6 Å². The van der Waals surface area contributed by atoms with E-state index in [4.69, 9.17) is 5.11 Å². The van der Waals surface area contributed by atoms with Gasteiger partial charge < -0.3 is 15.1 Å². The van der Waals surface area contributed by atoms with E-state index in [9.17, 15) is 14.7 Å². The summed E-state index contributed by atoms with van der Waals surface area (Å²) in [7, 11) is 0. The first-order chi connectivity index (χ1) is 9.50. The zero-order valence-electron chi connectivity index (χ0n) is 11.5. The zero-order chi connectivity index (χ0) is 14.7. The van der Waals surface area contributed by atoms with Crippen LogP contribution >= 0.6 is 0 Å². The third kappa shape index (κ3) is 2.92. The first-order valence-electron chi connectivity index (χ1n) is 6.82. The van der Waals surface area contributed by atoms with Gasteiger partial charge in [0.25, 0.3) is 5.91 Å². The van der Waals surface area contributed by atoms with Crippen LogP contribution in [0.15, 0.2) is 18.2 Å². The van der Waals surface area contributed by atoms with Crippen LogP contribution in [0.3, 0.4) is 0 Å². The van der Waals surface area contributed by atoms with Gasteiger partial charge >= 0.3 is 5.97 Å². The second-order valence-electron chi connectivity index (χ2n) is 5.21. The summed E-state index contributed by atoms with van der Waals surface area (Å²) in [5.74, 6) is -1.27. The summed E-state index contributed by atoms with van der Waals surface area (Å²) >= 11 is 0. The van der Waals surface area contributed by atoms with Crippen LogP contribution < -0.4 is 0 Å². The van der Waals surface area contributed by atoms with Crippen LogP contribution in [-0.2, 0) is 4.79 Å². The van der Waals surface area contributed by atoms with E-state index in [1.165, 1.54) is 11.0 Å². The van der Waals surface area contributed by atoms with Gasteiger partial charge in [-0.2, -0.15) is 0 Å². The molecule has 1 fully saturated rings. The number of benzene rings is 1. The number of aliphatic carboxylic acids is 1. The molecule has 1 aromatic carbocycles. The molecule has 5 heteroatoms. The maximum atomic E-state index is 12.6. The zero-order valence-corrected chi connectivity index (χ0v) is 11.5. The maximum Gasteiger partial charge on any atom is 0.323 e. The Hall–Kier alpha value is -2.04. The monoisotopic (exact) mass is 277 g/mol. The fourth-order valence-corrected chi connectivity index (χ4v) is 2.74. The van der Waals surface area contributed by atoms with Crippen molar-refractivity contribution in [1.29, 1.82) is 0 Å². The van der Waals surface area contributed by atoms with Gasteiger partial charge in [-0.1, -0.05) is 18.9 Å². The second-order valence-corrected chi connectivity index (χ2v) is 5.21. The molecule has 0 bridgehead atoms. The number of carboxylic acids is 1. The summed E-state index contributed by atoms with van der Waals surface area (Å²) in [6.45, 7) is 1.37. The number of carboxylic acid groups (broad SMARTS) is 1. The van der Waals surface area contributed by atoms with E-state index in [0.29, 0.717) is 11.1 Å². The van der Waals surface area contributed by atoms with E-state index >= 15 is 0 Å². The molecule has 5 nitrogen and oxygen atoms in total. The first kappa shape index (κ1) is 14.4. The van der Waals surface area contributed by atoms with Gasteiger partial charge in [-0.25, -0.2) is 0 Å². The number of phenolic OH excluding ortho intramolecular Hbond substituents is 1. The van der Waals surface area contributed by atoms with E-state index in [1.54, 1.807) is 19.1 Å². The summed E-state index contributed by atoms with van der Waals surface area (Å²) in [6.07, 6.45) is 3.73. The van der Waals surface area contributed by atoms with Gasteiger partial charge in [-0.3, -0.25) is 9.59 Å². The molecule has 0 heterocycles. The molecule has 0 radical (unpaired) electrons. The molecule has 2 rings (SSSR count). The molecule has 1 amide bonds. The van der Waals surface area contributed by atoms with E-state index in [-0.39, 0.29) is 24.2 Å². The number of phenols is 1. The van der Waals surface area contributed by atoms with E-state index < -0.39 is 5.97 Å². The predicted octanol–water partition coefficient (Wildman–Crippen LogP) is 2.17. The Labute approximate surface area is 117 Å². The average molecular weight is 277 g/mol. The number of aromatic hydroxyl groups is 1. The lowest BCUT2D eigenvalue weighted by Gasteiger charge is -2.28. The van der Waals surface area contributed by atoms with Crippen LogP contribution in [0.5, 0.6) is 5.75 Å². The SMILES string of the molecule is Cc1c(O)cccc1C(=O)N(CC(=O)O)C1CCCC1. The minimum Gasteiger partial charge on any atom is -0.508 e. The Morgan fingerprint density at radius 2 is 1.95 bits per heavy atom. The van der Waals surface area contributed by atoms with Gasteiger partial charge in [0.2, 0.25) is 0 Å². The summed E-state index contributed by atoms with van der Waals surface area (Å²) < 4.78 is 0. The molecule has 2 N–H and O–H groups in total. The van der Waals surface area contributed by atoms with Crippen LogP contribution in [0.25, 0.3) is 0 Å². The summed E-state index contributed by atoms with van der Waals surface area (Å²) in [6, 6.07) is 4.73. The minimum atomic E-state index is -1.01. The van der Waals surface area contributed by atoms with Gasteiger partial charge in [-0.15, -0.1) is 0 Å². The Morgan fingerprint density at radius 3 is 2.55 bits per heavy atom. The van der Waals surface area contributed by atoms with Crippen molar-refractivity contribution in [3.05, 3.63) is 29.3 Å². The molecule has 0 aromatic heterocycles. The molecule has 1 saturated carbocycles. The quantitative estimate of drug-likeness (QED) is 0.884. The number of hydrogen-bond donors (Lipinski definition) is 2. The molecule has 108 valence electrons. The van der Waals surface area contributed by atoms with Crippen molar-refractivity contribution < 1.29 is 19.8 Å². The molecular weight excluding hydrogens is 258 g/mol. The van der Waals surface area contributed by atoms with Crippen molar-refractivity contribution in [2.75, 3.05) is 6.54 Å². The lowest BCUT2D eigenvalue weighted by atomic mass is 10.0. The van der Waals surface area contributed by atoms with E-state index in [1.807, 2.05) is 0 Å². The molecule has 0 aliphatic heterocycles. The van der Waals surface area contributed by atoms with Crippen molar-refractivity contribution in [1.82, 2.24) is 4.90 Å². The van der Waals surface area contributed by atoms with Crippen LogP contribution in [0.1, 0.15) is 41.6 Å². The fraction of sp³-hybridized carbons (Fsp3) is 0.467. The Bertz CT molecular complexity index is 521. The summed E-state index contributed by atoms with van der Waals surface area (Å²) in [5.41, 5.74) is 0.865. The van der Waals surface area contributed by atoms with Crippen LogP contribution in [0.4, 0.5) is 0 Å². The molecule has 1 aliphatic carbocycles. The number of hydrogen-bond acceptors (Lipinski definition) is 3. The molecule has 0 atom stereocenters. The number of amides is 1. The van der Waals surface area contributed by atoms with Gasteiger partial charge in [0.05, 0.1) is 0 Å². The molecule has 0 spiro atoms. The molecular formula is C15H19NO4. The highest BCUT2D eigenvalue weighted by Crippen LogP contribution is 2.27. The van der Waals surface area contributed by atoms with Crippen molar-refractivity contribution in [2.24, 2.45) is 0 Å². The molecule has 0 saturated heterocycles. The van der Waals surface area contributed by atoms with E-state index in [2.05, 4.69) is 0 Å². The molecule has 0 unspecified atom stereocenters. The lowest BCUT2D eigenvalue weighted by Crippen LogP contribution is -2.42. The number of carbonyl (C=O) groups excluding carboxylic acids is 1.